The van der Waals surface area contributed by atoms with E-state index in [1.807, 2.05) is 40.6 Å². The average Bonchev–Trinajstić information content (AvgIpc) is 3.46. The summed E-state index contributed by atoms with van der Waals surface area (Å²) < 4.78 is 10.3. The van der Waals surface area contributed by atoms with Crippen LogP contribution in [0.15, 0.2) is 65.2 Å². The number of aromatic nitrogens is 5. The molecule has 1 aliphatic heterocycles. The molecule has 35 heavy (non-hydrogen) atoms. The SMILES string of the molecule is CC(c1nc(Cc2ccccc2)no1)N1CCN(Cn2nc(Cc3ccccc3)n(C)c2=S)CC1. The highest BCUT2D eigenvalue weighted by Crippen LogP contribution is 2.21. The third kappa shape index (κ3) is 5.58. The van der Waals surface area contributed by atoms with Crippen molar-refractivity contribution in [3.8, 4) is 0 Å². The molecule has 1 aliphatic rings. The van der Waals surface area contributed by atoms with E-state index < -0.39 is 0 Å². The molecule has 4 aromatic rings. The quantitative estimate of drug-likeness (QED) is 0.348. The molecule has 1 unspecified atom stereocenters. The summed E-state index contributed by atoms with van der Waals surface area (Å²) in [5.74, 6) is 2.39. The molecule has 0 saturated carbocycles. The lowest BCUT2D eigenvalue weighted by atomic mass is 10.1. The molecule has 0 radical (unpaired) electrons. The zero-order chi connectivity index (χ0) is 24.2. The first-order valence-electron chi connectivity index (χ1n) is 12.1. The molecular weight excluding hydrogens is 458 g/mol. The molecule has 9 heteroatoms. The van der Waals surface area contributed by atoms with Crippen LogP contribution in [0.5, 0.6) is 0 Å². The van der Waals surface area contributed by atoms with Crippen molar-refractivity contribution in [2.45, 2.75) is 32.5 Å². The van der Waals surface area contributed by atoms with Gasteiger partial charge in [0.25, 0.3) is 0 Å². The summed E-state index contributed by atoms with van der Waals surface area (Å²) in [6, 6.07) is 20.7. The van der Waals surface area contributed by atoms with Gasteiger partial charge in [-0.1, -0.05) is 65.8 Å². The number of benzene rings is 2. The average molecular weight is 490 g/mol. The molecule has 5 rings (SSSR count). The van der Waals surface area contributed by atoms with Gasteiger partial charge in [0, 0.05) is 46.1 Å². The Morgan fingerprint density at radius 3 is 2.20 bits per heavy atom. The van der Waals surface area contributed by atoms with Gasteiger partial charge in [-0.3, -0.25) is 9.80 Å². The topological polar surface area (TPSA) is 68.2 Å². The van der Waals surface area contributed by atoms with Crippen LogP contribution in [-0.4, -0.2) is 60.5 Å². The third-order valence-electron chi connectivity index (χ3n) is 6.67. The second kappa shape index (κ2) is 10.6. The largest absolute Gasteiger partial charge is 0.338 e. The van der Waals surface area contributed by atoms with Gasteiger partial charge in [-0.2, -0.15) is 10.1 Å². The summed E-state index contributed by atoms with van der Waals surface area (Å²) in [4.78, 5) is 9.46. The second-order valence-electron chi connectivity index (χ2n) is 9.10. The van der Waals surface area contributed by atoms with Gasteiger partial charge in [0.05, 0.1) is 12.7 Å². The second-order valence-corrected chi connectivity index (χ2v) is 9.47. The van der Waals surface area contributed by atoms with Crippen LogP contribution in [0.1, 0.15) is 41.6 Å². The Hall–Kier alpha value is -3.14. The van der Waals surface area contributed by atoms with Crippen LogP contribution >= 0.6 is 12.2 Å². The lowest BCUT2D eigenvalue weighted by Gasteiger charge is -2.36. The van der Waals surface area contributed by atoms with Crippen LogP contribution in [0, 0.1) is 4.77 Å². The molecule has 2 aromatic heterocycles. The summed E-state index contributed by atoms with van der Waals surface area (Å²) in [6.45, 7) is 6.55. The van der Waals surface area contributed by atoms with Crippen molar-refractivity contribution in [1.29, 1.82) is 0 Å². The highest BCUT2D eigenvalue weighted by Gasteiger charge is 2.26. The van der Waals surface area contributed by atoms with Gasteiger partial charge >= 0.3 is 0 Å². The van der Waals surface area contributed by atoms with Crippen molar-refractivity contribution in [2.75, 3.05) is 26.2 Å². The van der Waals surface area contributed by atoms with Gasteiger partial charge in [-0.05, 0) is 30.3 Å². The molecule has 2 aromatic carbocycles. The van der Waals surface area contributed by atoms with Crippen molar-refractivity contribution in [3.05, 3.63) is 94.1 Å². The standard InChI is InChI=1S/C26H31N7OS/c1-20(25-27-23(29-34-25)17-21-9-5-3-6-10-21)32-15-13-31(14-16-32)19-33-26(35)30(2)24(28-33)18-22-11-7-4-8-12-22/h3-12,20H,13-19H2,1-2H3. The van der Waals surface area contributed by atoms with Gasteiger partial charge in [-0.15, -0.1) is 0 Å². The van der Waals surface area contributed by atoms with Crippen molar-refractivity contribution in [3.63, 3.8) is 0 Å². The van der Waals surface area contributed by atoms with Crippen LogP contribution in [0.4, 0.5) is 0 Å². The first-order valence-corrected chi connectivity index (χ1v) is 12.5. The minimum atomic E-state index is 0.0867. The lowest BCUT2D eigenvalue weighted by molar-refractivity contribution is 0.0683. The van der Waals surface area contributed by atoms with E-state index in [0.717, 1.165) is 49.0 Å². The molecule has 8 nitrogen and oxygen atoms in total. The molecular formula is C26H31N7OS. The van der Waals surface area contributed by atoms with E-state index in [2.05, 4.69) is 63.3 Å². The fraction of sp³-hybridized carbons (Fsp3) is 0.385. The van der Waals surface area contributed by atoms with E-state index >= 15 is 0 Å². The molecule has 3 heterocycles. The van der Waals surface area contributed by atoms with Crippen LogP contribution in [0.2, 0.25) is 0 Å². The van der Waals surface area contributed by atoms with Gasteiger partial charge in [0.15, 0.2) is 10.6 Å². The number of hydrogen-bond donors (Lipinski definition) is 0. The molecule has 0 spiro atoms. The molecule has 0 bridgehead atoms. The molecule has 1 fully saturated rings. The first kappa shape index (κ1) is 23.6. The van der Waals surface area contributed by atoms with E-state index in [0.29, 0.717) is 19.0 Å². The van der Waals surface area contributed by atoms with E-state index in [9.17, 15) is 0 Å². The van der Waals surface area contributed by atoms with Crippen LogP contribution in [0.3, 0.4) is 0 Å². The highest BCUT2D eigenvalue weighted by atomic mass is 32.1. The minimum Gasteiger partial charge on any atom is -0.338 e. The number of hydrogen-bond acceptors (Lipinski definition) is 7. The van der Waals surface area contributed by atoms with Crippen molar-refractivity contribution in [2.24, 2.45) is 7.05 Å². The maximum Gasteiger partial charge on any atom is 0.243 e. The zero-order valence-electron chi connectivity index (χ0n) is 20.2. The molecule has 182 valence electrons. The summed E-state index contributed by atoms with van der Waals surface area (Å²) >= 11 is 5.68. The van der Waals surface area contributed by atoms with Crippen molar-refractivity contribution >= 4 is 12.2 Å². The van der Waals surface area contributed by atoms with E-state index in [1.165, 1.54) is 11.1 Å². The smallest absolute Gasteiger partial charge is 0.243 e. The monoisotopic (exact) mass is 489 g/mol. The van der Waals surface area contributed by atoms with E-state index in [4.69, 9.17) is 21.8 Å². The molecule has 0 N–H and O–H groups in total. The Morgan fingerprint density at radius 1 is 0.914 bits per heavy atom. The Balaban J connectivity index is 1.16. The Kier molecular flexibility index (Phi) is 7.17. The van der Waals surface area contributed by atoms with Crippen molar-refractivity contribution in [1.82, 2.24) is 34.3 Å². The molecule has 1 saturated heterocycles. The Bertz CT molecular complexity index is 1290. The predicted octanol–water partition coefficient (Wildman–Crippen LogP) is 3.85. The highest BCUT2D eigenvalue weighted by molar-refractivity contribution is 7.71. The fourth-order valence-electron chi connectivity index (χ4n) is 4.48. The summed E-state index contributed by atoms with van der Waals surface area (Å²) in [5.41, 5.74) is 2.42. The normalized spacial score (nSPS) is 15.9. The van der Waals surface area contributed by atoms with Gasteiger partial charge in [0.2, 0.25) is 5.89 Å². The van der Waals surface area contributed by atoms with Crippen LogP contribution in [-0.2, 0) is 26.6 Å². The van der Waals surface area contributed by atoms with E-state index in [1.54, 1.807) is 0 Å². The lowest BCUT2D eigenvalue weighted by Crippen LogP contribution is -2.47. The van der Waals surface area contributed by atoms with Crippen LogP contribution in [0.25, 0.3) is 0 Å². The number of piperazine rings is 1. The van der Waals surface area contributed by atoms with Gasteiger partial charge in [-0.25, -0.2) is 4.68 Å². The summed E-state index contributed by atoms with van der Waals surface area (Å²) in [6.07, 6.45) is 1.46. The van der Waals surface area contributed by atoms with Crippen LogP contribution < -0.4 is 0 Å². The summed E-state index contributed by atoms with van der Waals surface area (Å²) in [5, 5.41) is 9.02. The number of rotatable bonds is 8. The molecule has 0 aliphatic carbocycles. The Labute approximate surface area is 210 Å². The zero-order valence-corrected chi connectivity index (χ0v) is 21.1. The maximum atomic E-state index is 5.68. The predicted molar refractivity (Wildman–Crippen MR) is 136 cm³/mol. The molecule has 1 atom stereocenters. The number of nitrogens with zero attached hydrogens (tertiary/aromatic N) is 7. The fourth-order valence-corrected chi connectivity index (χ4v) is 4.69. The summed E-state index contributed by atoms with van der Waals surface area (Å²) in [7, 11) is 2.00. The third-order valence-corrected chi connectivity index (χ3v) is 7.16. The van der Waals surface area contributed by atoms with E-state index in [-0.39, 0.29) is 6.04 Å². The van der Waals surface area contributed by atoms with Gasteiger partial charge < -0.3 is 9.09 Å². The first-order chi connectivity index (χ1) is 17.1. The van der Waals surface area contributed by atoms with Gasteiger partial charge in [0.1, 0.15) is 5.82 Å². The maximum absolute atomic E-state index is 5.68. The molecule has 0 amide bonds. The minimum absolute atomic E-state index is 0.0867. The van der Waals surface area contributed by atoms with Crippen molar-refractivity contribution < 1.29 is 4.52 Å². The Morgan fingerprint density at radius 2 is 1.54 bits per heavy atom.